The van der Waals surface area contributed by atoms with Gasteiger partial charge in [-0.1, -0.05) is 15.9 Å². The van der Waals surface area contributed by atoms with Gasteiger partial charge in [-0.15, -0.1) is 0 Å². The highest BCUT2D eigenvalue weighted by Crippen LogP contribution is 2.22. The van der Waals surface area contributed by atoms with Crippen LogP contribution in [0.2, 0.25) is 0 Å². The standard InChI is InChI=1S/C14H17BrN2O2/c1-9-8-11(5-6-12(9)15)16-14(19)13-4-3-7-17(13)10(2)18/h5-6,8,13H,3-4,7H2,1-2H3,(H,16,19)/t13-/m1/s1. The van der Waals surface area contributed by atoms with E-state index in [2.05, 4.69) is 21.2 Å². The lowest BCUT2D eigenvalue weighted by Gasteiger charge is -2.22. The van der Waals surface area contributed by atoms with Gasteiger partial charge in [-0.2, -0.15) is 0 Å². The largest absolute Gasteiger partial charge is 0.331 e. The van der Waals surface area contributed by atoms with E-state index in [0.29, 0.717) is 6.54 Å². The summed E-state index contributed by atoms with van der Waals surface area (Å²) in [7, 11) is 0. The van der Waals surface area contributed by atoms with Crippen molar-refractivity contribution in [3.8, 4) is 0 Å². The zero-order chi connectivity index (χ0) is 14.0. The van der Waals surface area contributed by atoms with Crippen molar-refractivity contribution in [2.45, 2.75) is 32.7 Å². The van der Waals surface area contributed by atoms with Gasteiger partial charge in [-0.25, -0.2) is 0 Å². The van der Waals surface area contributed by atoms with E-state index in [1.54, 1.807) is 4.90 Å². The zero-order valence-electron chi connectivity index (χ0n) is 11.1. The molecule has 1 aromatic carbocycles. The first-order valence-electron chi connectivity index (χ1n) is 6.33. The second kappa shape index (κ2) is 5.74. The van der Waals surface area contributed by atoms with Gasteiger partial charge < -0.3 is 10.2 Å². The summed E-state index contributed by atoms with van der Waals surface area (Å²) in [6, 6.07) is 5.33. The Morgan fingerprint density at radius 1 is 1.42 bits per heavy atom. The molecule has 0 bridgehead atoms. The fourth-order valence-electron chi connectivity index (χ4n) is 2.36. The molecule has 0 aromatic heterocycles. The number of rotatable bonds is 2. The topological polar surface area (TPSA) is 49.4 Å². The van der Waals surface area contributed by atoms with Crippen molar-refractivity contribution in [2.24, 2.45) is 0 Å². The van der Waals surface area contributed by atoms with Gasteiger partial charge in [0.1, 0.15) is 6.04 Å². The number of benzene rings is 1. The van der Waals surface area contributed by atoms with E-state index < -0.39 is 0 Å². The van der Waals surface area contributed by atoms with E-state index >= 15 is 0 Å². The fourth-order valence-corrected chi connectivity index (χ4v) is 2.61. The summed E-state index contributed by atoms with van der Waals surface area (Å²) >= 11 is 3.42. The first kappa shape index (κ1) is 14.1. The number of hydrogen-bond donors (Lipinski definition) is 1. The third-order valence-corrected chi connectivity index (χ3v) is 4.28. The highest BCUT2D eigenvalue weighted by Gasteiger charge is 2.32. The van der Waals surface area contributed by atoms with Crippen LogP contribution in [0.1, 0.15) is 25.3 Å². The molecule has 102 valence electrons. The van der Waals surface area contributed by atoms with Crippen LogP contribution in [0.4, 0.5) is 5.69 Å². The van der Waals surface area contributed by atoms with Crippen LogP contribution in [0.15, 0.2) is 22.7 Å². The highest BCUT2D eigenvalue weighted by molar-refractivity contribution is 9.10. The lowest BCUT2D eigenvalue weighted by molar-refractivity contribution is -0.134. The van der Waals surface area contributed by atoms with Gasteiger partial charge in [0, 0.05) is 23.6 Å². The number of carbonyl (C=O) groups is 2. The molecule has 4 nitrogen and oxygen atoms in total. The SMILES string of the molecule is CC(=O)N1CCC[C@@H]1C(=O)Nc1ccc(Br)c(C)c1. The summed E-state index contributed by atoms with van der Waals surface area (Å²) in [6.07, 6.45) is 1.62. The number of nitrogens with zero attached hydrogens (tertiary/aromatic N) is 1. The number of hydrogen-bond acceptors (Lipinski definition) is 2. The lowest BCUT2D eigenvalue weighted by atomic mass is 10.2. The molecule has 5 heteroatoms. The number of aryl methyl sites for hydroxylation is 1. The van der Waals surface area contributed by atoms with Crippen LogP contribution in [0.3, 0.4) is 0 Å². The van der Waals surface area contributed by atoms with Gasteiger partial charge in [0.25, 0.3) is 0 Å². The second-order valence-electron chi connectivity index (χ2n) is 4.82. The van der Waals surface area contributed by atoms with E-state index in [0.717, 1.165) is 28.6 Å². The molecular formula is C14H17BrN2O2. The van der Waals surface area contributed by atoms with E-state index in [1.165, 1.54) is 6.92 Å². The molecule has 1 fully saturated rings. The molecule has 2 amide bonds. The molecule has 1 aliphatic heterocycles. The third kappa shape index (κ3) is 3.15. The van der Waals surface area contributed by atoms with E-state index in [9.17, 15) is 9.59 Å². The number of carbonyl (C=O) groups excluding carboxylic acids is 2. The monoisotopic (exact) mass is 324 g/mol. The second-order valence-corrected chi connectivity index (χ2v) is 5.68. The van der Waals surface area contributed by atoms with E-state index in [1.807, 2.05) is 25.1 Å². The van der Waals surface area contributed by atoms with Crippen molar-refractivity contribution in [1.82, 2.24) is 4.90 Å². The van der Waals surface area contributed by atoms with Crippen LogP contribution in [-0.4, -0.2) is 29.3 Å². The molecule has 1 N–H and O–H groups in total. The zero-order valence-corrected chi connectivity index (χ0v) is 12.7. The Morgan fingerprint density at radius 2 is 2.16 bits per heavy atom. The van der Waals surface area contributed by atoms with Crippen LogP contribution in [-0.2, 0) is 9.59 Å². The smallest absolute Gasteiger partial charge is 0.247 e. The highest BCUT2D eigenvalue weighted by atomic mass is 79.9. The van der Waals surface area contributed by atoms with E-state index in [4.69, 9.17) is 0 Å². The summed E-state index contributed by atoms with van der Waals surface area (Å²) < 4.78 is 1.01. The predicted molar refractivity (Wildman–Crippen MR) is 77.9 cm³/mol. The average Bonchev–Trinajstić information content (AvgIpc) is 2.83. The average molecular weight is 325 g/mol. The van der Waals surface area contributed by atoms with Crippen LogP contribution in [0.25, 0.3) is 0 Å². The summed E-state index contributed by atoms with van der Waals surface area (Å²) in [5.41, 5.74) is 1.83. The van der Waals surface area contributed by atoms with Gasteiger partial charge in [0.2, 0.25) is 11.8 Å². The number of anilines is 1. The van der Waals surface area contributed by atoms with Crippen LogP contribution in [0, 0.1) is 6.92 Å². The molecule has 1 atom stereocenters. The first-order chi connectivity index (χ1) is 8.99. The minimum atomic E-state index is -0.332. The predicted octanol–water partition coefficient (Wildman–Crippen LogP) is 2.71. The summed E-state index contributed by atoms with van der Waals surface area (Å²) in [4.78, 5) is 25.3. The first-order valence-corrected chi connectivity index (χ1v) is 7.12. The van der Waals surface area contributed by atoms with Gasteiger partial charge >= 0.3 is 0 Å². The Kier molecular flexibility index (Phi) is 4.24. The molecule has 0 unspecified atom stereocenters. The van der Waals surface area contributed by atoms with Crippen LogP contribution in [0.5, 0.6) is 0 Å². The molecule has 0 aliphatic carbocycles. The van der Waals surface area contributed by atoms with Crippen LogP contribution < -0.4 is 5.32 Å². The Labute approximate surface area is 121 Å². The Balaban J connectivity index is 2.08. The molecule has 0 saturated carbocycles. The quantitative estimate of drug-likeness (QED) is 0.909. The fraction of sp³-hybridized carbons (Fsp3) is 0.429. The number of amides is 2. The van der Waals surface area contributed by atoms with Crippen molar-refractivity contribution < 1.29 is 9.59 Å². The maximum absolute atomic E-state index is 12.2. The van der Waals surface area contributed by atoms with Crippen molar-refractivity contribution in [3.63, 3.8) is 0 Å². The Morgan fingerprint density at radius 3 is 2.79 bits per heavy atom. The van der Waals surface area contributed by atoms with E-state index in [-0.39, 0.29) is 17.9 Å². The third-order valence-electron chi connectivity index (χ3n) is 3.39. The minimum absolute atomic E-state index is 0.0374. The summed E-state index contributed by atoms with van der Waals surface area (Å²) in [5.74, 6) is -0.140. The molecule has 1 saturated heterocycles. The van der Waals surface area contributed by atoms with Gasteiger partial charge in [0.15, 0.2) is 0 Å². The molecule has 1 aromatic rings. The van der Waals surface area contributed by atoms with Crippen LogP contribution >= 0.6 is 15.9 Å². The number of halogens is 1. The normalized spacial score (nSPS) is 18.5. The van der Waals surface area contributed by atoms with Gasteiger partial charge in [-0.3, -0.25) is 9.59 Å². The molecule has 19 heavy (non-hydrogen) atoms. The maximum Gasteiger partial charge on any atom is 0.247 e. The Bertz CT molecular complexity index is 516. The number of likely N-dealkylation sites (tertiary alicyclic amines) is 1. The van der Waals surface area contributed by atoms with Gasteiger partial charge in [0.05, 0.1) is 0 Å². The van der Waals surface area contributed by atoms with Crippen molar-refractivity contribution in [3.05, 3.63) is 28.2 Å². The van der Waals surface area contributed by atoms with Crippen molar-refractivity contribution in [1.29, 1.82) is 0 Å². The lowest BCUT2D eigenvalue weighted by Crippen LogP contribution is -2.42. The molecular weight excluding hydrogens is 308 g/mol. The molecule has 0 radical (unpaired) electrons. The summed E-state index contributed by atoms with van der Waals surface area (Å²) in [5, 5.41) is 2.88. The number of nitrogens with one attached hydrogen (secondary N) is 1. The molecule has 0 spiro atoms. The maximum atomic E-state index is 12.2. The Hall–Kier alpha value is -1.36. The van der Waals surface area contributed by atoms with Gasteiger partial charge in [-0.05, 0) is 43.5 Å². The summed E-state index contributed by atoms with van der Waals surface area (Å²) in [6.45, 7) is 4.15. The molecule has 1 heterocycles. The minimum Gasteiger partial charge on any atom is -0.331 e. The van der Waals surface area contributed by atoms with Crippen molar-refractivity contribution in [2.75, 3.05) is 11.9 Å². The molecule has 1 aliphatic rings. The molecule has 2 rings (SSSR count). The van der Waals surface area contributed by atoms with Crippen molar-refractivity contribution >= 4 is 33.4 Å².